The fourth-order valence-corrected chi connectivity index (χ4v) is 7.57. The fraction of sp³-hybridized carbons (Fsp3) is 1.00. The molecule has 4 fully saturated rings. The van der Waals surface area contributed by atoms with Gasteiger partial charge in [-0.1, -0.05) is 43.6 Å². The van der Waals surface area contributed by atoms with Crippen LogP contribution in [0.25, 0.3) is 0 Å². The molecule has 4 aliphatic rings. The van der Waals surface area contributed by atoms with Gasteiger partial charge in [0, 0.05) is 0 Å². The van der Waals surface area contributed by atoms with Gasteiger partial charge >= 0.3 is 0 Å². The Hall–Kier alpha value is 0.400. The SMILES string of the molecule is CCC(Br)[C@]1(C)O[C@H]2C[C@@]34C[C@H](C(C)(C)[C@@H]3CC[C@H]4C)[C@@]2(C)O1. The van der Waals surface area contributed by atoms with Gasteiger partial charge in [0.05, 0.1) is 16.5 Å². The zero-order chi connectivity index (χ0) is 16.8. The zero-order valence-corrected chi connectivity index (χ0v) is 17.2. The van der Waals surface area contributed by atoms with Crippen LogP contribution in [-0.2, 0) is 9.47 Å². The Morgan fingerprint density at radius 2 is 1.78 bits per heavy atom. The van der Waals surface area contributed by atoms with Crippen LogP contribution in [0.5, 0.6) is 0 Å². The Morgan fingerprint density at radius 1 is 1.09 bits per heavy atom. The zero-order valence-electron chi connectivity index (χ0n) is 15.6. The summed E-state index contributed by atoms with van der Waals surface area (Å²) in [4.78, 5) is 0.258. The molecule has 1 spiro atoms. The molecular weight excluding hydrogens is 352 g/mol. The largest absolute Gasteiger partial charge is 0.343 e. The van der Waals surface area contributed by atoms with Crippen LogP contribution in [0.15, 0.2) is 0 Å². The summed E-state index contributed by atoms with van der Waals surface area (Å²) in [6.45, 7) is 14.2. The highest BCUT2D eigenvalue weighted by molar-refractivity contribution is 9.09. The summed E-state index contributed by atoms with van der Waals surface area (Å²) >= 11 is 3.82. The van der Waals surface area contributed by atoms with Gasteiger partial charge in [0.2, 0.25) is 0 Å². The molecule has 2 nitrogen and oxygen atoms in total. The van der Waals surface area contributed by atoms with Crippen molar-refractivity contribution in [2.24, 2.45) is 28.6 Å². The van der Waals surface area contributed by atoms with E-state index in [0.717, 1.165) is 18.3 Å². The van der Waals surface area contributed by atoms with Crippen molar-refractivity contribution in [2.45, 2.75) is 96.0 Å². The van der Waals surface area contributed by atoms with E-state index in [4.69, 9.17) is 9.47 Å². The van der Waals surface area contributed by atoms with E-state index in [0.29, 0.717) is 16.7 Å². The number of hydrogen-bond acceptors (Lipinski definition) is 2. The molecule has 4 rings (SSSR count). The first-order chi connectivity index (χ1) is 10.6. The Labute approximate surface area is 150 Å². The van der Waals surface area contributed by atoms with Crippen LogP contribution in [0.2, 0.25) is 0 Å². The Balaban J connectivity index is 1.75. The third kappa shape index (κ3) is 1.88. The van der Waals surface area contributed by atoms with E-state index in [1.807, 2.05) is 0 Å². The van der Waals surface area contributed by atoms with Crippen LogP contribution in [0.1, 0.15) is 73.6 Å². The van der Waals surface area contributed by atoms with Gasteiger partial charge in [0.15, 0.2) is 5.79 Å². The Kier molecular flexibility index (Phi) is 3.49. The third-order valence-corrected chi connectivity index (χ3v) is 10.0. The molecule has 3 aliphatic carbocycles. The summed E-state index contributed by atoms with van der Waals surface area (Å²) in [6, 6.07) is 0. The fourth-order valence-electron chi connectivity index (χ4n) is 7.36. The first kappa shape index (κ1) is 16.8. The van der Waals surface area contributed by atoms with Crippen LogP contribution < -0.4 is 0 Å². The van der Waals surface area contributed by atoms with Crippen molar-refractivity contribution in [3.63, 3.8) is 0 Å². The minimum atomic E-state index is -0.483. The number of hydrogen-bond donors (Lipinski definition) is 0. The van der Waals surface area contributed by atoms with Gasteiger partial charge in [-0.25, -0.2) is 0 Å². The van der Waals surface area contributed by atoms with Crippen molar-refractivity contribution in [3.05, 3.63) is 0 Å². The van der Waals surface area contributed by atoms with Crippen molar-refractivity contribution in [1.82, 2.24) is 0 Å². The summed E-state index contributed by atoms with van der Waals surface area (Å²) < 4.78 is 13.5. The number of alkyl halides is 1. The van der Waals surface area contributed by atoms with Crippen molar-refractivity contribution in [1.29, 1.82) is 0 Å². The molecule has 3 saturated carbocycles. The normalized spacial score (nSPS) is 58.0. The van der Waals surface area contributed by atoms with Crippen molar-refractivity contribution >= 4 is 15.9 Å². The summed E-state index contributed by atoms with van der Waals surface area (Å²) in [5.41, 5.74) is 0.729. The molecule has 23 heavy (non-hydrogen) atoms. The molecule has 1 unspecified atom stereocenters. The van der Waals surface area contributed by atoms with Crippen LogP contribution in [0, 0.1) is 28.6 Å². The molecule has 132 valence electrons. The smallest absolute Gasteiger partial charge is 0.179 e. The predicted octanol–water partition coefficient (Wildman–Crippen LogP) is 5.53. The maximum atomic E-state index is 6.79. The average molecular weight is 385 g/mol. The van der Waals surface area contributed by atoms with Crippen LogP contribution >= 0.6 is 15.9 Å². The minimum Gasteiger partial charge on any atom is -0.343 e. The summed E-state index contributed by atoms with van der Waals surface area (Å²) in [6.07, 6.45) is 6.63. The third-order valence-electron chi connectivity index (χ3n) is 8.57. The maximum absolute atomic E-state index is 6.79. The van der Waals surface area contributed by atoms with Crippen LogP contribution in [-0.4, -0.2) is 22.3 Å². The van der Waals surface area contributed by atoms with E-state index < -0.39 is 5.79 Å². The molecule has 8 atom stereocenters. The second-order valence-electron chi connectivity index (χ2n) is 9.83. The predicted molar refractivity (Wildman–Crippen MR) is 96.6 cm³/mol. The lowest BCUT2D eigenvalue weighted by molar-refractivity contribution is -0.188. The Bertz CT molecular complexity index is 520. The molecule has 0 aromatic carbocycles. The van der Waals surface area contributed by atoms with Gasteiger partial charge in [-0.15, -0.1) is 0 Å². The number of rotatable bonds is 2. The van der Waals surface area contributed by atoms with Gasteiger partial charge in [-0.3, -0.25) is 0 Å². The van der Waals surface area contributed by atoms with E-state index in [1.54, 1.807) is 0 Å². The van der Waals surface area contributed by atoms with E-state index in [2.05, 4.69) is 57.5 Å². The van der Waals surface area contributed by atoms with E-state index in [9.17, 15) is 0 Å². The topological polar surface area (TPSA) is 18.5 Å². The highest BCUT2D eigenvalue weighted by Gasteiger charge is 2.74. The summed E-state index contributed by atoms with van der Waals surface area (Å²) in [7, 11) is 0. The lowest BCUT2D eigenvalue weighted by Gasteiger charge is -2.47. The van der Waals surface area contributed by atoms with Gasteiger partial charge in [-0.2, -0.15) is 0 Å². The minimum absolute atomic E-state index is 0.130. The lowest BCUT2D eigenvalue weighted by Crippen LogP contribution is -2.52. The van der Waals surface area contributed by atoms with Crippen LogP contribution in [0.4, 0.5) is 0 Å². The second-order valence-corrected chi connectivity index (χ2v) is 10.9. The maximum Gasteiger partial charge on any atom is 0.179 e. The van der Waals surface area contributed by atoms with E-state index in [-0.39, 0.29) is 16.5 Å². The molecule has 0 amide bonds. The quantitative estimate of drug-likeness (QED) is 0.582. The standard InChI is InChI=1S/C20H33BrO2/c1-7-15(21)19(6)22-16-11-20-10-14(18(16,5)23-19)17(3,4)13(20)9-8-12(20)2/h12-16H,7-11H2,1-6H3/t12-,13+,14-,15?,16+,18-,19-,20-/m1/s1. The number of fused-ring (bicyclic) bond motifs is 3. The summed E-state index contributed by atoms with van der Waals surface area (Å²) in [5.74, 6) is 1.81. The van der Waals surface area contributed by atoms with Crippen molar-refractivity contribution in [2.75, 3.05) is 0 Å². The lowest BCUT2D eigenvalue weighted by atomic mass is 9.63. The van der Waals surface area contributed by atoms with Crippen molar-refractivity contribution in [3.8, 4) is 0 Å². The van der Waals surface area contributed by atoms with Crippen LogP contribution in [0.3, 0.4) is 0 Å². The molecule has 0 aromatic heterocycles. The van der Waals surface area contributed by atoms with Crippen molar-refractivity contribution < 1.29 is 9.47 Å². The van der Waals surface area contributed by atoms with Gasteiger partial charge in [0.1, 0.15) is 0 Å². The van der Waals surface area contributed by atoms with Gasteiger partial charge < -0.3 is 9.47 Å². The molecular formula is C20H33BrO2. The molecule has 0 N–H and O–H groups in total. The first-order valence-electron chi connectivity index (χ1n) is 9.62. The highest BCUT2D eigenvalue weighted by atomic mass is 79.9. The second kappa shape index (κ2) is 4.76. The van der Waals surface area contributed by atoms with E-state index in [1.165, 1.54) is 25.7 Å². The van der Waals surface area contributed by atoms with Gasteiger partial charge in [-0.05, 0) is 74.5 Å². The molecule has 0 aromatic rings. The summed E-state index contributed by atoms with van der Waals surface area (Å²) in [5, 5.41) is 0. The highest BCUT2D eigenvalue weighted by Crippen LogP contribution is 2.75. The number of halogens is 1. The molecule has 0 radical (unpaired) electrons. The first-order valence-corrected chi connectivity index (χ1v) is 10.5. The average Bonchev–Trinajstić information content (AvgIpc) is 3.00. The molecule has 3 heteroatoms. The molecule has 1 saturated heterocycles. The molecule has 1 aliphatic heterocycles. The molecule has 1 heterocycles. The van der Waals surface area contributed by atoms with E-state index >= 15 is 0 Å². The monoisotopic (exact) mass is 384 g/mol. The Morgan fingerprint density at radius 3 is 2.43 bits per heavy atom. The number of ether oxygens (including phenoxy) is 2. The molecule has 2 bridgehead atoms. The van der Waals surface area contributed by atoms with Gasteiger partial charge in [0.25, 0.3) is 0 Å².